The zero-order valence-electron chi connectivity index (χ0n) is 16.5. The van der Waals surface area contributed by atoms with Gasteiger partial charge in [-0.15, -0.1) is 0 Å². The number of nitrogens with one attached hydrogen (secondary N) is 2. The first-order valence-electron chi connectivity index (χ1n) is 9.20. The van der Waals surface area contributed by atoms with Crippen LogP contribution in [0.1, 0.15) is 32.5 Å². The van der Waals surface area contributed by atoms with Gasteiger partial charge in [-0.3, -0.25) is 9.59 Å². The van der Waals surface area contributed by atoms with E-state index in [4.69, 9.17) is 16.0 Å². The normalized spacial score (nSPS) is 11.9. The second-order valence-corrected chi connectivity index (χ2v) is 7.24. The molecule has 0 bridgehead atoms. The van der Waals surface area contributed by atoms with Gasteiger partial charge >= 0.3 is 0 Å². The molecule has 3 rings (SSSR count). The third-order valence-corrected chi connectivity index (χ3v) is 4.89. The molecule has 0 aliphatic carbocycles. The molecule has 156 valence electrons. The third kappa shape index (κ3) is 5.06. The Morgan fingerprint density at radius 3 is 2.40 bits per heavy atom. The summed E-state index contributed by atoms with van der Waals surface area (Å²) in [6, 6.07) is 13.7. The summed E-state index contributed by atoms with van der Waals surface area (Å²) in [6.07, 6.45) is 1.41. The molecule has 0 fully saturated rings. The summed E-state index contributed by atoms with van der Waals surface area (Å²) < 4.78 is 19.3. The molecule has 0 aliphatic heterocycles. The SMILES string of the molecule is CN(C)[C@H](CNC(=O)c1ccc(NC(=O)c2ccco2)cc1)c1c(F)cccc1Cl. The van der Waals surface area contributed by atoms with Crippen LogP contribution in [0.2, 0.25) is 5.02 Å². The monoisotopic (exact) mass is 429 g/mol. The van der Waals surface area contributed by atoms with E-state index in [1.165, 1.54) is 12.3 Å². The van der Waals surface area contributed by atoms with Gasteiger partial charge in [0.15, 0.2) is 5.76 Å². The fourth-order valence-corrected chi connectivity index (χ4v) is 3.26. The van der Waals surface area contributed by atoms with Crippen LogP contribution in [0.4, 0.5) is 10.1 Å². The highest BCUT2D eigenvalue weighted by Crippen LogP contribution is 2.28. The van der Waals surface area contributed by atoms with Crippen LogP contribution >= 0.6 is 11.6 Å². The van der Waals surface area contributed by atoms with Gasteiger partial charge in [0, 0.05) is 28.4 Å². The van der Waals surface area contributed by atoms with Crippen LogP contribution in [-0.2, 0) is 0 Å². The topological polar surface area (TPSA) is 74.6 Å². The number of furan rings is 1. The zero-order chi connectivity index (χ0) is 21.7. The van der Waals surface area contributed by atoms with Crippen molar-refractivity contribution in [3.63, 3.8) is 0 Å². The smallest absolute Gasteiger partial charge is 0.291 e. The van der Waals surface area contributed by atoms with E-state index in [1.54, 1.807) is 67.5 Å². The number of carbonyl (C=O) groups excluding carboxylic acids is 2. The van der Waals surface area contributed by atoms with Gasteiger partial charge in [-0.2, -0.15) is 0 Å². The predicted octanol–water partition coefficient (Wildman–Crippen LogP) is 4.36. The van der Waals surface area contributed by atoms with E-state index in [-0.39, 0.29) is 24.1 Å². The summed E-state index contributed by atoms with van der Waals surface area (Å²) in [7, 11) is 3.58. The number of anilines is 1. The lowest BCUT2D eigenvalue weighted by molar-refractivity contribution is 0.0940. The number of nitrogens with zero attached hydrogens (tertiary/aromatic N) is 1. The van der Waals surface area contributed by atoms with Crippen molar-refractivity contribution in [1.29, 1.82) is 0 Å². The van der Waals surface area contributed by atoms with Gasteiger partial charge in [-0.05, 0) is 62.6 Å². The molecule has 0 saturated carbocycles. The average Bonchev–Trinajstić information content (AvgIpc) is 3.25. The molecule has 1 atom stereocenters. The second-order valence-electron chi connectivity index (χ2n) is 6.83. The Kier molecular flexibility index (Phi) is 6.87. The van der Waals surface area contributed by atoms with E-state index in [1.807, 2.05) is 0 Å². The van der Waals surface area contributed by atoms with Gasteiger partial charge in [0.2, 0.25) is 0 Å². The van der Waals surface area contributed by atoms with Crippen molar-refractivity contribution in [3.8, 4) is 0 Å². The molecule has 0 unspecified atom stereocenters. The molecule has 3 aromatic rings. The number of hydrogen-bond acceptors (Lipinski definition) is 4. The third-order valence-electron chi connectivity index (χ3n) is 4.56. The van der Waals surface area contributed by atoms with Gasteiger partial charge in [0.05, 0.1) is 12.3 Å². The molecular weight excluding hydrogens is 409 g/mol. The molecule has 0 radical (unpaired) electrons. The van der Waals surface area contributed by atoms with Gasteiger partial charge in [0.25, 0.3) is 11.8 Å². The molecular formula is C22H21ClFN3O3. The number of likely N-dealkylation sites (N-methyl/N-ethyl adjacent to an activating group) is 1. The maximum Gasteiger partial charge on any atom is 0.291 e. The molecule has 0 saturated heterocycles. The van der Waals surface area contributed by atoms with Gasteiger partial charge in [-0.25, -0.2) is 4.39 Å². The minimum atomic E-state index is -0.436. The first kappa shape index (κ1) is 21.5. The highest BCUT2D eigenvalue weighted by Gasteiger charge is 2.22. The van der Waals surface area contributed by atoms with E-state index in [0.717, 1.165) is 0 Å². The summed E-state index contributed by atoms with van der Waals surface area (Å²) >= 11 is 6.18. The molecule has 1 aromatic heterocycles. The molecule has 2 aromatic carbocycles. The zero-order valence-corrected chi connectivity index (χ0v) is 17.2. The van der Waals surface area contributed by atoms with Crippen LogP contribution in [0.3, 0.4) is 0 Å². The Labute approximate surface area is 178 Å². The van der Waals surface area contributed by atoms with E-state index >= 15 is 0 Å². The fourth-order valence-electron chi connectivity index (χ4n) is 2.97. The quantitative estimate of drug-likeness (QED) is 0.585. The van der Waals surface area contributed by atoms with E-state index < -0.39 is 11.9 Å². The van der Waals surface area contributed by atoms with Crippen LogP contribution in [0, 0.1) is 5.82 Å². The summed E-state index contributed by atoms with van der Waals surface area (Å²) in [5.41, 5.74) is 1.26. The molecule has 0 aliphatic rings. The second kappa shape index (κ2) is 9.56. The van der Waals surface area contributed by atoms with Gasteiger partial charge in [0.1, 0.15) is 5.82 Å². The number of hydrogen-bond donors (Lipinski definition) is 2. The number of benzene rings is 2. The summed E-state index contributed by atoms with van der Waals surface area (Å²) in [4.78, 5) is 26.3. The van der Waals surface area contributed by atoms with Crippen LogP contribution in [0.5, 0.6) is 0 Å². The molecule has 0 spiro atoms. The average molecular weight is 430 g/mol. The first-order chi connectivity index (χ1) is 14.4. The highest BCUT2D eigenvalue weighted by molar-refractivity contribution is 6.31. The molecule has 6 nitrogen and oxygen atoms in total. The lowest BCUT2D eigenvalue weighted by Gasteiger charge is -2.26. The summed E-state index contributed by atoms with van der Waals surface area (Å²) in [6.45, 7) is 0.170. The standard InChI is InChI=1S/C22H21ClFN3O3/c1-27(2)18(20-16(23)5-3-6-17(20)24)13-25-21(28)14-8-10-15(11-9-14)26-22(29)19-7-4-12-30-19/h3-12,18H,13H2,1-2H3,(H,25,28)(H,26,29)/t18-/m1/s1. The molecule has 1 heterocycles. The maximum absolute atomic E-state index is 14.3. The Bertz CT molecular complexity index is 1000. The maximum atomic E-state index is 14.3. The largest absolute Gasteiger partial charge is 0.459 e. The summed E-state index contributed by atoms with van der Waals surface area (Å²) in [5.74, 6) is -0.934. The Morgan fingerprint density at radius 1 is 1.07 bits per heavy atom. The Balaban J connectivity index is 1.64. The van der Waals surface area contributed by atoms with Crippen molar-refractivity contribution in [3.05, 3.63) is 88.6 Å². The number of rotatable bonds is 7. The number of carbonyl (C=O) groups is 2. The minimum absolute atomic E-state index is 0.170. The molecule has 30 heavy (non-hydrogen) atoms. The highest BCUT2D eigenvalue weighted by atomic mass is 35.5. The van der Waals surface area contributed by atoms with E-state index in [2.05, 4.69) is 10.6 Å². The Hall–Kier alpha value is -3.16. The van der Waals surface area contributed by atoms with Crippen molar-refractivity contribution in [2.45, 2.75) is 6.04 Å². The van der Waals surface area contributed by atoms with Crippen LogP contribution < -0.4 is 10.6 Å². The van der Waals surface area contributed by atoms with E-state index in [9.17, 15) is 14.0 Å². The van der Waals surface area contributed by atoms with Crippen molar-refractivity contribution in [1.82, 2.24) is 10.2 Å². The van der Waals surface area contributed by atoms with Crippen LogP contribution in [-0.4, -0.2) is 37.4 Å². The lowest BCUT2D eigenvalue weighted by atomic mass is 10.0. The molecule has 2 N–H and O–H groups in total. The first-order valence-corrected chi connectivity index (χ1v) is 9.58. The van der Waals surface area contributed by atoms with Crippen molar-refractivity contribution >= 4 is 29.1 Å². The Morgan fingerprint density at radius 2 is 1.80 bits per heavy atom. The van der Waals surface area contributed by atoms with Crippen LogP contribution in [0.15, 0.2) is 65.3 Å². The van der Waals surface area contributed by atoms with Gasteiger partial charge < -0.3 is 20.0 Å². The van der Waals surface area contributed by atoms with E-state index in [0.29, 0.717) is 21.8 Å². The predicted molar refractivity (Wildman–Crippen MR) is 113 cm³/mol. The fraction of sp³-hybridized carbons (Fsp3) is 0.182. The lowest BCUT2D eigenvalue weighted by Crippen LogP contribution is -2.35. The van der Waals surface area contributed by atoms with Crippen molar-refractivity contribution < 1.29 is 18.4 Å². The number of halogens is 2. The van der Waals surface area contributed by atoms with Crippen molar-refractivity contribution in [2.75, 3.05) is 26.0 Å². The van der Waals surface area contributed by atoms with Crippen molar-refractivity contribution in [2.24, 2.45) is 0 Å². The minimum Gasteiger partial charge on any atom is -0.459 e. The number of amides is 2. The molecule has 8 heteroatoms. The molecule has 2 amide bonds. The van der Waals surface area contributed by atoms with Crippen LogP contribution in [0.25, 0.3) is 0 Å². The summed E-state index contributed by atoms with van der Waals surface area (Å²) in [5, 5.41) is 5.80. The van der Waals surface area contributed by atoms with Gasteiger partial charge in [-0.1, -0.05) is 17.7 Å².